The average molecular weight is 389 g/mol. The van der Waals surface area contributed by atoms with Crippen LogP contribution >= 0.6 is 11.8 Å². The molecule has 0 aromatic heterocycles. The van der Waals surface area contributed by atoms with E-state index in [2.05, 4.69) is 39.1 Å². The van der Waals surface area contributed by atoms with Crippen molar-refractivity contribution in [1.82, 2.24) is 4.90 Å². The zero-order valence-corrected chi connectivity index (χ0v) is 17.2. The molecule has 0 spiro atoms. The van der Waals surface area contributed by atoms with E-state index in [9.17, 15) is 14.0 Å². The van der Waals surface area contributed by atoms with E-state index in [0.29, 0.717) is 5.69 Å². The van der Waals surface area contributed by atoms with E-state index < -0.39 is 0 Å². The number of hydrogen-bond acceptors (Lipinski definition) is 3. The van der Waals surface area contributed by atoms with E-state index in [1.165, 1.54) is 63.2 Å². The molecule has 0 aliphatic rings. The molecule has 2 aromatic rings. The Hall–Kier alpha value is -2.34. The average Bonchev–Trinajstić information content (AvgIpc) is 2.61. The third kappa shape index (κ3) is 5.57. The molecule has 0 unspecified atom stereocenters. The van der Waals surface area contributed by atoms with Crippen LogP contribution in [0.3, 0.4) is 0 Å². The fourth-order valence-corrected chi connectivity index (χ4v) is 3.92. The number of aryl methyl sites for hydroxylation is 2. The molecule has 0 heterocycles. The molecule has 0 bridgehead atoms. The normalized spacial score (nSPS) is 10.6. The summed E-state index contributed by atoms with van der Waals surface area (Å²) in [6, 6.07) is 7.67. The maximum Gasteiger partial charge on any atom is 0.243 e. The third-order valence-electron chi connectivity index (χ3n) is 4.57. The van der Waals surface area contributed by atoms with Crippen LogP contribution in [0.15, 0.2) is 35.2 Å². The highest BCUT2D eigenvalue weighted by molar-refractivity contribution is 8.00. The minimum Gasteiger partial charge on any atom is -0.336 e. The number of halogens is 1. The van der Waals surface area contributed by atoms with Crippen LogP contribution in [0, 0.1) is 33.5 Å². The van der Waals surface area contributed by atoms with Crippen LogP contribution in [-0.4, -0.2) is 36.1 Å². The highest BCUT2D eigenvalue weighted by Gasteiger charge is 2.16. The molecule has 0 saturated heterocycles. The van der Waals surface area contributed by atoms with Gasteiger partial charge in [0.25, 0.3) is 0 Å². The second-order valence-corrected chi connectivity index (χ2v) is 7.67. The lowest BCUT2D eigenvalue weighted by molar-refractivity contribution is -0.131. The van der Waals surface area contributed by atoms with Gasteiger partial charge in [-0.3, -0.25) is 9.59 Å². The molecular formula is C21H25FN2O2S. The molecule has 1 N–H and O–H groups in total. The van der Waals surface area contributed by atoms with Crippen LogP contribution in [0.5, 0.6) is 0 Å². The summed E-state index contributed by atoms with van der Waals surface area (Å²) in [5.74, 6) is -0.534. The number of rotatable bonds is 6. The van der Waals surface area contributed by atoms with Crippen LogP contribution in [0.1, 0.15) is 22.3 Å². The van der Waals surface area contributed by atoms with Crippen molar-refractivity contribution in [3.8, 4) is 0 Å². The first-order valence-corrected chi connectivity index (χ1v) is 9.67. The van der Waals surface area contributed by atoms with Crippen molar-refractivity contribution in [2.24, 2.45) is 0 Å². The number of likely N-dealkylation sites (N-methyl/N-ethyl adjacent to an activating group) is 1. The Morgan fingerprint density at radius 1 is 1.04 bits per heavy atom. The fraction of sp³-hybridized carbons (Fsp3) is 0.333. The summed E-state index contributed by atoms with van der Waals surface area (Å²) in [5, 5.41) is 2.66. The van der Waals surface area contributed by atoms with Gasteiger partial charge >= 0.3 is 0 Å². The van der Waals surface area contributed by atoms with E-state index in [0.717, 1.165) is 4.90 Å². The lowest BCUT2D eigenvalue weighted by Crippen LogP contribution is -2.36. The van der Waals surface area contributed by atoms with Crippen LogP contribution in [0.2, 0.25) is 0 Å². The summed E-state index contributed by atoms with van der Waals surface area (Å²) < 4.78 is 12.9. The van der Waals surface area contributed by atoms with Crippen LogP contribution in [-0.2, 0) is 9.59 Å². The Bertz CT molecular complexity index is 824. The maximum atomic E-state index is 12.9. The molecule has 2 aromatic carbocycles. The summed E-state index contributed by atoms with van der Waals surface area (Å²) in [5.41, 5.74) is 5.29. The van der Waals surface area contributed by atoms with E-state index in [4.69, 9.17) is 0 Å². The number of carbonyl (C=O) groups excluding carboxylic acids is 2. The highest BCUT2D eigenvalue weighted by Crippen LogP contribution is 2.30. The first-order chi connectivity index (χ1) is 12.7. The molecule has 0 aliphatic carbocycles. The van der Waals surface area contributed by atoms with Gasteiger partial charge in [0.15, 0.2) is 0 Å². The van der Waals surface area contributed by atoms with Gasteiger partial charge in [0.1, 0.15) is 5.82 Å². The predicted octanol–water partition coefficient (Wildman–Crippen LogP) is 4.25. The van der Waals surface area contributed by atoms with Gasteiger partial charge in [-0.1, -0.05) is 6.07 Å². The summed E-state index contributed by atoms with van der Waals surface area (Å²) in [6.45, 7) is 8.21. The molecular weight excluding hydrogens is 363 g/mol. The maximum absolute atomic E-state index is 12.9. The molecule has 27 heavy (non-hydrogen) atoms. The summed E-state index contributed by atoms with van der Waals surface area (Å²) in [7, 11) is 1.61. The quantitative estimate of drug-likeness (QED) is 0.753. The number of carbonyl (C=O) groups is 2. The number of anilines is 1. The summed E-state index contributed by atoms with van der Waals surface area (Å²) in [4.78, 5) is 27.0. The Balaban J connectivity index is 1.92. The van der Waals surface area contributed by atoms with Gasteiger partial charge in [0.05, 0.1) is 12.3 Å². The molecule has 0 atom stereocenters. The monoisotopic (exact) mass is 388 g/mol. The number of nitrogens with one attached hydrogen (secondary N) is 1. The lowest BCUT2D eigenvalue weighted by Gasteiger charge is -2.18. The van der Waals surface area contributed by atoms with Crippen molar-refractivity contribution in [2.75, 3.05) is 24.7 Å². The molecule has 2 amide bonds. The highest BCUT2D eigenvalue weighted by atomic mass is 32.2. The van der Waals surface area contributed by atoms with E-state index in [1.54, 1.807) is 7.05 Å². The molecule has 2 rings (SSSR count). The molecule has 0 saturated carbocycles. The molecule has 4 nitrogen and oxygen atoms in total. The second-order valence-electron chi connectivity index (χ2n) is 6.68. The Morgan fingerprint density at radius 3 is 2.15 bits per heavy atom. The number of hydrogen-bond donors (Lipinski definition) is 1. The number of amides is 2. The van der Waals surface area contributed by atoms with Crippen molar-refractivity contribution in [3.05, 3.63) is 58.4 Å². The number of nitrogens with zero attached hydrogens (tertiary/aromatic N) is 1. The third-order valence-corrected chi connectivity index (χ3v) is 5.86. The lowest BCUT2D eigenvalue weighted by atomic mass is 10.0. The molecule has 0 radical (unpaired) electrons. The van der Waals surface area contributed by atoms with Crippen molar-refractivity contribution < 1.29 is 14.0 Å². The SMILES string of the molecule is Cc1cc(C)c(C)c(SCC(=O)N(C)CC(=O)Nc2ccc(F)cc2)c1C. The van der Waals surface area contributed by atoms with E-state index in [-0.39, 0.29) is 29.9 Å². The van der Waals surface area contributed by atoms with Crippen molar-refractivity contribution in [2.45, 2.75) is 32.6 Å². The first kappa shape index (κ1) is 21.0. The van der Waals surface area contributed by atoms with Crippen molar-refractivity contribution >= 4 is 29.3 Å². The Morgan fingerprint density at radius 2 is 1.59 bits per heavy atom. The number of benzene rings is 2. The molecule has 144 valence electrons. The topological polar surface area (TPSA) is 49.4 Å². The number of thioether (sulfide) groups is 1. The molecule has 0 fully saturated rings. The second kappa shape index (κ2) is 9.04. The van der Waals surface area contributed by atoms with Gasteiger partial charge in [-0.15, -0.1) is 11.8 Å². The van der Waals surface area contributed by atoms with Gasteiger partial charge in [0.2, 0.25) is 11.8 Å². The van der Waals surface area contributed by atoms with Crippen LogP contribution < -0.4 is 5.32 Å². The predicted molar refractivity (Wildman–Crippen MR) is 109 cm³/mol. The van der Waals surface area contributed by atoms with Gasteiger partial charge < -0.3 is 10.2 Å². The zero-order chi connectivity index (χ0) is 20.1. The van der Waals surface area contributed by atoms with Crippen molar-refractivity contribution in [3.63, 3.8) is 0 Å². The van der Waals surface area contributed by atoms with Crippen molar-refractivity contribution in [1.29, 1.82) is 0 Å². The van der Waals surface area contributed by atoms with E-state index >= 15 is 0 Å². The van der Waals surface area contributed by atoms with Gasteiger partial charge in [0, 0.05) is 17.6 Å². The minimum absolute atomic E-state index is 0.0540. The van der Waals surface area contributed by atoms with Gasteiger partial charge in [-0.2, -0.15) is 0 Å². The van der Waals surface area contributed by atoms with Gasteiger partial charge in [-0.05, 0) is 74.2 Å². The molecule has 6 heteroatoms. The smallest absolute Gasteiger partial charge is 0.243 e. The zero-order valence-electron chi connectivity index (χ0n) is 16.4. The summed E-state index contributed by atoms with van der Waals surface area (Å²) >= 11 is 1.51. The van der Waals surface area contributed by atoms with Crippen LogP contribution in [0.25, 0.3) is 0 Å². The van der Waals surface area contributed by atoms with E-state index in [1.807, 2.05) is 0 Å². The first-order valence-electron chi connectivity index (χ1n) is 8.68. The molecule has 0 aliphatic heterocycles. The Kier molecular flexibility index (Phi) is 7.02. The van der Waals surface area contributed by atoms with Gasteiger partial charge in [-0.25, -0.2) is 4.39 Å². The largest absolute Gasteiger partial charge is 0.336 e. The summed E-state index contributed by atoms with van der Waals surface area (Å²) in [6.07, 6.45) is 0. The Labute approximate surface area is 164 Å². The fourth-order valence-electron chi connectivity index (χ4n) is 2.68. The van der Waals surface area contributed by atoms with Crippen LogP contribution in [0.4, 0.5) is 10.1 Å². The standard InChI is InChI=1S/C21H25FN2O2S/c1-13-10-14(2)16(4)21(15(13)3)27-12-20(26)24(5)11-19(25)23-18-8-6-17(22)7-9-18/h6-10H,11-12H2,1-5H3,(H,23,25). The minimum atomic E-state index is -0.366.